The van der Waals surface area contributed by atoms with Crippen LogP contribution in [0.1, 0.15) is 5.56 Å². The minimum absolute atomic E-state index is 0.0832. The van der Waals surface area contributed by atoms with Crippen molar-refractivity contribution in [3.63, 3.8) is 0 Å². The molecular weight excluding hydrogens is 238 g/mol. The Hall–Kier alpha value is -2.48. The minimum Gasteiger partial charge on any atom is -0.481 e. The van der Waals surface area contributed by atoms with Gasteiger partial charge >= 0.3 is 0 Å². The predicted molar refractivity (Wildman–Crippen MR) is 60.9 cm³/mol. The molecule has 0 aliphatic rings. The second-order valence-electron chi connectivity index (χ2n) is 3.51. The van der Waals surface area contributed by atoms with E-state index in [-0.39, 0.29) is 17.0 Å². The number of hydrogen-bond donors (Lipinski definition) is 0. The summed E-state index contributed by atoms with van der Waals surface area (Å²) in [5.74, 6) is -1.04. The zero-order valence-corrected chi connectivity index (χ0v) is 9.45. The van der Waals surface area contributed by atoms with Crippen molar-refractivity contribution in [3.05, 3.63) is 47.7 Å². The summed E-state index contributed by atoms with van der Waals surface area (Å²) in [6, 6.07) is 6.96. The van der Waals surface area contributed by atoms with Gasteiger partial charge in [-0.05, 0) is 17.7 Å². The number of pyridine rings is 1. The van der Waals surface area contributed by atoms with Gasteiger partial charge in [0, 0.05) is 11.6 Å². The molecule has 0 spiro atoms. The molecule has 3 nitrogen and oxygen atoms in total. The zero-order chi connectivity index (χ0) is 13.1. The zero-order valence-electron chi connectivity index (χ0n) is 9.45. The van der Waals surface area contributed by atoms with Gasteiger partial charge in [-0.25, -0.2) is 13.8 Å². The van der Waals surface area contributed by atoms with Crippen molar-refractivity contribution in [3.8, 4) is 23.1 Å². The van der Waals surface area contributed by atoms with Crippen molar-refractivity contribution < 1.29 is 13.5 Å². The number of halogens is 2. The Balaban J connectivity index is 2.55. The number of aromatic nitrogens is 1. The molecular formula is C13H8F2N2O. The molecule has 0 unspecified atom stereocenters. The summed E-state index contributed by atoms with van der Waals surface area (Å²) >= 11 is 0. The van der Waals surface area contributed by atoms with Crippen LogP contribution < -0.4 is 4.74 Å². The highest BCUT2D eigenvalue weighted by atomic mass is 19.1. The van der Waals surface area contributed by atoms with Gasteiger partial charge in [-0.2, -0.15) is 5.26 Å². The van der Waals surface area contributed by atoms with E-state index in [9.17, 15) is 8.78 Å². The normalized spacial score (nSPS) is 9.89. The first-order valence-electron chi connectivity index (χ1n) is 5.05. The Labute approximate surface area is 102 Å². The van der Waals surface area contributed by atoms with Gasteiger partial charge in [0.05, 0.1) is 18.9 Å². The summed E-state index contributed by atoms with van der Waals surface area (Å²) in [5.41, 5.74) is 0.412. The van der Waals surface area contributed by atoms with E-state index in [2.05, 4.69) is 4.98 Å². The number of rotatable bonds is 2. The van der Waals surface area contributed by atoms with Crippen LogP contribution in [-0.2, 0) is 0 Å². The van der Waals surface area contributed by atoms with Gasteiger partial charge in [0.2, 0.25) is 5.88 Å². The van der Waals surface area contributed by atoms with E-state index in [1.807, 2.05) is 0 Å². The molecule has 5 heteroatoms. The van der Waals surface area contributed by atoms with E-state index in [0.29, 0.717) is 5.56 Å². The Kier molecular flexibility index (Phi) is 3.20. The third-order valence-corrected chi connectivity index (χ3v) is 2.44. The Morgan fingerprint density at radius 3 is 2.61 bits per heavy atom. The van der Waals surface area contributed by atoms with E-state index in [4.69, 9.17) is 10.00 Å². The lowest BCUT2D eigenvalue weighted by atomic mass is 10.0. The number of nitrogens with zero attached hydrogens (tertiary/aromatic N) is 2. The molecule has 90 valence electrons. The van der Waals surface area contributed by atoms with Crippen LogP contribution in [0.4, 0.5) is 8.78 Å². The predicted octanol–water partition coefficient (Wildman–Crippen LogP) is 2.91. The lowest BCUT2D eigenvalue weighted by molar-refractivity contribution is 0.396. The molecule has 1 aromatic carbocycles. The Bertz CT molecular complexity index is 635. The Morgan fingerprint density at radius 1 is 1.22 bits per heavy atom. The van der Waals surface area contributed by atoms with Gasteiger partial charge in [-0.3, -0.25) is 0 Å². The maximum atomic E-state index is 13.6. The number of ether oxygens (including phenoxy) is 1. The fourth-order valence-corrected chi connectivity index (χ4v) is 1.53. The van der Waals surface area contributed by atoms with E-state index < -0.39 is 11.6 Å². The first-order chi connectivity index (χ1) is 8.65. The second kappa shape index (κ2) is 4.80. The maximum absolute atomic E-state index is 13.6. The minimum atomic E-state index is -0.690. The highest BCUT2D eigenvalue weighted by Crippen LogP contribution is 2.26. The van der Waals surface area contributed by atoms with E-state index in [0.717, 1.165) is 12.3 Å². The van der Waals surface area contributed by atoms with Gasteiger partial charge in [-0.15, -0.1) is 0 Å². The highest BCUT2D eigenvalue weighted by molar-refractivity contribution is 5.65. The fourth-order valence-electron chi connectivity index (χ4n) is 1.53. The van der Waals surface area contributed by atoms with Gasteiger partial charge in [0.1, 0.15) is 17.7 Å². The topological polar surface area (TPSA) is 45.9 Å². The van der Waals surface area contributed by atoms with Gasteiger partial charge in [0.25, 0.3) is 0 Å². The molecule has 0 saturated heterocycles. The molecule has 18 heavy (non-hydrogen) atoms. The molecule has 0 saturated carbocycles. The van der Waals surface area contributed by atoms with Crippen LogP contribution in [0.25, 0.3) is 11.1 Å². The maximum Gasteiger partial charge on any atom is 0.213 e. The van der Waals surface area contributed by atoms with Crippen molar-refractivity contribution in [2.75, 3.05) is 7.11 Å². The number of methoxy groups -OCH3 is 1. The SMILES string of the molecule is COc1cc(-c2ccc(C#N)c(F)c2)c(F)cn1. The van der Waals surface area contributed by atoms with Crippen LogP contribution in [0.3, 0.4) is 0 Å². The quantitative estimate of drug-likeness (QED) is 0.818. The monoisotopic (exact) mass is 246 g/mol. The molecule has 0 bridgehead atoms. The fraction of sp³-hybridized carbons (Fsp3) is 0.0769. The summed E-state index contributed by atoms with van der Waals surface area (Å²) in [6.07, 6.45) is 1.00. The van der Waals surface area contributed by atoms with Gasteiger partial charge < -0.3 is 4.74 Å². The Morgan fingerprint density at radius 2 is 2.00 bits per heavy atom. The number of benzene rings is 1. The van der Waals surface area contributed by atoms with Crippen LogP contribution in [0.5, 0.6) is 5.88 Å². The van der Waals surface area contributed by atoms with Crippen LogP contribution >= 0.6 is 0 Å². The molecule has 0 radical (unpaired) electrons. The molecule has 2 rings (SSSR count). The molecule has 0 aliphatic heterocycles. The summed E-state index contributed by atoms with van der Waals surface area (Å²) in [5, 5.41) is 8.62. The largest absolute Gasteiger partial charge is 0.481 e. The average molecular weight is 246 g/mol. The lowest BCUT2D eigenvalue weighted by Crippen LogP contribution is -1.93. The van der Waals surface area contributed by atoms with Gasteiger partial charge in [-0.1, -0.05) is 6.07 Å². The van der Waals surface area contributed by atoms with Crippen molar-refractivity contribution in [1.82, 2.24) is 4.98 Å². The van der Waals surface area contributed by atoms with Crippen molar-refractivity contribution >= 4 is 0 Å². The number of hydrogen-bond acceptors (Lipinski definition) is 3. The third-order valence-electron chi connectivity index (χ3n) is 2.44. The molecule has 1 heterocycles. The second-order valence-corrected chi connectivity index (χ2v) is 3.51. The highest BCUT2D eigenvalue weighted by Gasteiger charge is 2.10. The molecule has 0 atom stereocenters. The summed E-state index contributed by atoms with van der Waals surface area (Å²) in [4.78, 5) is 3.70. The molecule has 0 N–H and O–H groups in total. The lowest BCUT2D eigenvalue weighted by Gasteiger charge is -2.06. The summed E-state index contributed by atoms with van der Waals surface area (Å²) < 4.78 is 31.9. The van der Waals surface area contributed by atoms with Crippen molar-refractivity contribution in [2.24, 2.45) is 0 Å². The summed E-state index contributed by atoms with van der Waals surface area (Å²) in [6.45, 7) is 0. The van der Waals surface area contributed by atoms with E-state index in [1.165, 1.54) is 25.3 Å². The average Bonchev–Trinajstić information content (AvgIpc) is 2.39. The smallest absolute Gasteiger partial charge is 0.213 e. The number of nitriles is 1. The first-order valence-corrected chi connectivity index (χ1v) is 5.05. The van der Waals surface area contributed by atoms with Gasteiger partial charge in [0.15, 0.2) is 0 Å². The summed E-state index contributed by atoms with van der Waals surface area (Å²) in [7, 11) is 1.41. The van der Waals surface area contributed by atoms with Crippen molar-refractivity contribution in [1.29, 1.82) is 5.26 Å². The molecule has 0 fully saturated rings. The van der Waals surface area contributed by atoms with Crippen LogP contribution in [0.2, 0.25) is 0 Å². The standard InChI is InChI=1S/C13H8F2N2O/c1-18-13-5-10(12(15)7-17-13)8-2-3-9(6-16)11(14)4-8/h2-5,7H,1H3. The molecule has 1 aromatic heterocycles. The van der Waals surface area contributed by atoms with Crippen molar-refractivity contribution in [2.45, 2.75) is 0 Å². The third kappa shape index (κ3) is 2.13. The van der Waals surface area contributed by atoms with E-state index in [1.54, 1.807) is 6.07 Å². The molecule has 0 aliphatic carbocycles. The van der Waals surface area contributed by atoms with Crippen LogP contribution in [0, 0.1) is 23.0 Å². The van der Waals surface area contributed by atoms with Crippen LogP contribution in [0.15, 0.2) is 30.5 Å². The van der Waals surface area contributed by atoms with E-state index >= 15 is 0 Å². The van der Waals surface area contributed by atoms with Crippen LogP contribution in [-0.4, -0.2) is 12.1 Å². The molecule has 0 amide bonds. The first kappa shape index (κ1) is 12.0. The molecule has 2 aromatic rings.